The van der Waals surface area contributed by atoms with Crippen molar-refractivity contribution in [2.75, 3.05) is 26.2 Å². The number of ether oxygens (including phenoxy) is 3. The van der Waals surface area contributed by atoms with E-state index in [1.807, 2.05) is 49.1 Å². The average Bonchev–Trinajstić information content (AvgIpc) is 3.14. The van der Waals surface area contributed by atoms with Crippen LogP contribution in [0.25, 0.3) is 6.08 Å². The molecule has 1 aromatic heterocycles. The van der Waals surface area contributed by atoms with Gasteiger partial charge in [-0.15, -0.1) is 0 Å². The van der Waals surface area contributed by atoms with Gasteiger partial charge in [-0.2, -0.15) is 0 Å². The number of halogens is 1. The zero-order valence-corrected chi connectivity index (χ0v) is 30.3. The summed E-state index contributed by atoms with van der Waals surface area (Å²) >= 11 is 0. The normalized spacial score (nSPS) is 14.0. The van der Waals surface area contributed by atoms with Gasteiger partial charge in [0.25, 0.3) is 0 Å². The molecule has 0 spiro atoms. The van der Waals surface area contributed by atoms with E-state index in [-0.39, 0.29) is 17.8 Å². The van der Waals surface area contributed by atoms with Crippen molar-refractivity contribution in [2.45, 2.75) is 53.4 Å². The predicted octanol–water partition coefficient (Wildman–Crippen LogP) is 8.88. The molecule has 0 N–H and O–H groups in total. The van der Waals surface area contributed by atoms with Crippen LogP contribution >= 0.6 is 0 Å². The highest BCUT2D eigenvalue weighted by Crippen LogP contribution is 2.30. The molecule has 0 bridgehead atoms. The summed E-state index contributed by atoms with van der Waals surface area (Å²) in [7, 11) is 0. The lowest BCUT2D eigenvalue weighted by Crippen LogP contribution is -2.47. The maximum Gasteiger partial charge on any atom is 0.246 e. The van der Waals surface area contributed by atoms with Gasteiger partial charge in [-0.3, -0.25) is 9.69 Å². The molecule has 2 heterocycles. The Balaban J connectivity index is 0.938. The van der Waals surface area contributed by atoms with E-state index in [0.717, 1.165) is 59.8 Å². The van der Waals surface area contributed by atoms with Crippen molar-refractivity contribution in [3.63, 3.8) is 0 Å². The Kier molecular flexibility index (Phi) is 12.0. The first-order valence-corrected chi connectivity index (χ1v) is 17.8. The van der Waals surface area contributed by atoms with Crippen LogP contribution in [0.2, 0.25) is 0 Å². The van der Waals surface area contributed by atoms with Crippen LogP contribution in [0.1, 0.15) is 45.9 Å². The molecular formula is C44H46FN3O4. The van der Waals surface area contributed by atoms with Crippen LogP contribution in [0.5, 0.6) is 23.1 Å². The second-order valence-corrected chi connectivity index (χ2v) is 13.5. The summed E-state index contributed by atoms with van der Waals surface area (Å²) in [6, 6.07) is 30.7. The third kappa shape index (κ3) is 10.3. The molecule has 52 heavy (non-hydrogen) atoms. The fraction of sp³-hybridized carbons (Fsp3) is 0.273. The summed E-state index contributed by atoms with van der Waals surface area (Å²) in [6.07, 6.45) is 6.09. The van der Waals surface area contributed by atoms with Gasteiger partial charge < -0.3 is 19.1 Å². The number of pyridine rings is 1. The van der Waals surface area contributed by atoms with E-state index in [0.29, 0.717) is 31.3 Å². The zero-order chi connectivity index (χ0) is 36.5. The molecule has 0 radical (unpaired) electrons. The number of amides is 1. The minimum atomic E-state index is -0.277. The van der Waals surface area contributed by atoms with Crippen LogP contribution in [-0.2, 0) is 24.4 Å². The molecule has 1 amide bonds. The van der Waals surface area contributed by atoms with Gasteiger partial charge in [-0.25, -0.2) is 9.37 Å². The maximum atomic E-state index is 13.1. The first kappa shape index (κ1) is 36.3. The third-order valence-corrected chi connectivity index (χ3v) is 9.13. The Hall–Kier alpha value is -5.47. The van der Waals surface area contributed by atoms with Crippen LogP contribution in [0, 0.1) is 26.6 Å². The minimum Gasteiger partial charge on any atom is -0.490 e. The highest BCUT2D eigenvalue weighted by Gasteiger charge is 2.20. The summed E-state index contributed by atoms with van der Waals surface area (Å²) in [6.45, 7) is 12.4. The van der Waals surface area contributed by atoms with Crippen LogP contribution in [-0.4, -0.2) is 53.0 Å². The number of benzene rings is 4. The van der Waals surface area contributed by atoms with E-state index in [1.165, 1.54) is 28.8 Å². The summed E-state index contributed by atoms with van der Waals surface area (Å²) in [5, 5.41) is 0. The first-order chi connectivity index (χ1) is 25.2. The zero-order valence-electron chi connectivity index (χ0n) is 30.3. The summed E-state index contributed by atoms with van der Waals surface area (Å²) in [5.41, 5.74) is 7.44. The molecule has 1 saturated heterocycles. The smallest absolute Gasteiger partial charge is 0.246 e. The van der Waals surface area contributed by atoms with Crippen molar-refractivity contribution >= 4 is 12.0 Å². The summed E-state index contributed by atoms with van der Waals surface area (Å²) < 4.78 is 31.1. The Morgan fingerprint density at radius 3 is 2.10 bits per heavy atom. The quantitative estimate of drug-likeness (QED) is 0.115. The molecule has 1 aliphatic rings. The van der Waals surface area contributed by atoms with Gasteiger partial charge in [0.15, 0.2) is 0 Å². The van der Waals surface area contributed by atoms with E-state index in [4.69, 9.17) is 14.2 Å². The second-order valence-electron chi connectivity index (χ2n) is 13.5. The van der Waals surface area contributed by atoms with Crippen molar-refractivity contribution in [3.8, 4) is 23.1 Å². The van der Waals surface area contributed by atoms with Crippen LogP contribution in [0.3, 0.4) is 0 Å². The minimum absolute atomic E-state index is 0.0209. The fourth-order valence-electron chi connectivity index (χ4n) is 6.27. The van der Waals surface area contributed by atoms with Crippen molar-refractivity contribution in [3.05, 3.63) is 154 Å². The summed E-state index contributed by atoms with van der Waals surface area (Å²) in [4.78, 5) is 21.8. The lowest BCUT2D eigenvalue weighted by Gasteiger charge is -2.34. The molecule has 4 aromatic carbocycles. The topological polar surface area (TPSA) is 64.1 Å². The molecule has 1 unspecified atom stereocenters. The maximum absolute atomic E-state index is 13.1. The first-order valence-electron chi connectivity index (χ1n) is 17.8. The largest absolute Gasteiger partial charge is 0.490 e. The number of rotatable bonds is 13. The molecule has 7 nitrogen and oxygen atoms in total. The van der Waals surface area contributed by atoms with Crippen molar-refractivity contribution in [1.29, 1.82) is 0 Å². The number of hydrogen-bond donors (Lipinski definition) is 0. The molecule has 5 aromatic rings. The molecule has 6 rings (SSSR count). The molecule has 0 saturated carbocycles. The number of aryl methyl sites for hydroxylation is 3. The Labute approximate surface area is 306 Å². The number of piperazine rings is 1. The number of hydrogen-bond acceptors (Lipinski definition) is 6. The molecule has 1 fully saturated rings. The Morgan fingerprint density at radius 1 is 0.808 bits per heavy atom. The monoisotopic (exact) mass is 699 g/mol. The Morgan fingerprint density at radius 2 is 1.44 bits per heavy atom. The highest BCUT2D eigenvalue weighted by atomic mass is 19.1. The molecule has 1 aliphatic heterocycles. The Bertz CT molecular complexity index is 1930. The fourth-order valence-corrected chi connectivity index (χ4v) is 6.27. The van der Waals surface area contributed by atoms with Crippen LogP contribution < -0.4 is 14.2 Å². The van der Waals surface area contributed by atoms with Gasteiger partial charge in [0, 0.05) is 51.3 Å². The van der Waals surface area contributed by atoms with E-state index in [1.54, 1.807) is 36.5 Å². The van der Waals surface area contributed by atoms with Crippen LogP contribution in [0.15, 0.2) is 109 Å². The van der Waals surface area contributed by atoms with E-state index >= 15 is 0 Å². The van der Waals surface area contributed by atoms with Gasteiger partial charge in [0.1, 0.15) is 29.7 Å². The van der Waals surface area contributed by atoms with Crippen molar-refractivity contribution in [1.82, 2.24) is 14.8 Å². The second kappa shape index (κ2) is 17.2. The van der Waals surface area contributed by atoms with Gasteiger partial charge >= 0.3 is 0 Å². The number of aromatic nitrogens is 1. The molecule has 268 valence electrons. The van der Waals surface area contributed by atoms with Gasteiger partial charge in [-0.1, -0.05) is 54.1 Å². The van der Waals surface area contributed by atoms with Gasteiger partial charge in [0.2, 0.25) is 11.8 Å². The molecule has 0 aliphatic carbocycles. The van der Waals surface area contributed by atoms with Crippen molar-refractivity contribution in [2.24, 2.45) is 0 Å². The third-order valence-electron chi connectivity index (χ3n) is 9.13. The SMILES string of the molecule is Cc1ccc(OC(C)Cc2ccc(CN3CCN(C(=O)/C=C/c4cc(C)c(Oc5ccc(OCc6ccc(F)cc6)cn5)c(C)c4)CC3)cc2)cc1. The number of carbonyl (C=O) groups excluding carboxylic acids is 1. The predicted molar refractivity (Wildman–Crippen MR) is 203 cm³/mol. The number of nitrogens with zero attached hydrogens (tertiary/aromatic N) is 3. The highest BCUT2D eigenvalue weighted by molar-refractivity contribution is 5.92. The van der Waals surface area contributed by atoms with Gasteiger partial charge in [0.05, 0.1) is 12.3 Å². The summed E-state index contributed by atoms with van der Waals surface area (Å²) in [5.74, 6) is 2.41. The lowest BCUT2D eigenvalue weighted by atomic mass is 10.0. The van der Waals surface area contributed by atoms with Crippen LogP contribution in [0.4, 0.5) is 4.39 Å². The number of carbonyl (C=O) groups is 1. The van der Waals surface area contributed by atoms with E-state index in [9.17, 15) is 9.18 Å². The van der Waals surface area contributed by atoms with Crippen molar-refractivity contribution < 1.29 is 23.4 Å². The molecule has 8 heteroatoms. The van der Waals surface area contributed by atoms with E-state index in [2.05, 4.69) is 60.1 Å². The molecule has 1 atom stereocenters. The standard InChI is InChI=1S/C44H46FN3O4/c1-31-5-16-40(17-6-31)51-34(4)27-35-7-9-36(10-8-35)29-47-21-23-48(24-22-47)43(49)20-13-38-25-32(2)44(33(3)26-38)52-42-19-18-41(28-46-42)50-30-37-11-14-39(45)15-12-37/h5-20,25-26,28,34H,21-24,27,29-30H2,1-4H3/b20-13+. The lowest BCUT2D eigenvalue weighted by molar-refractivity contribution is -0.127. The van der Waals surface area contributed by atoms with Gasteiger partial charge in [-0.05, 0) is 110 Å². The average molecular weight is 700 g/mol. The van der Waals surface area contributed by atoms with E-state index < -0.39 is 0 Å². The molecular weight excluding hydrogens is 653 g/mol.